The highest BCUT2D eigenvalue weighted by Crippen LogP contribution is 2.31. The molecule has 2 heterocycles. The molecule has 0 unspecified atom stereocenters. The SMILES string of the molecule is O=C(Nc1ccc(N2CCCC2=O)c(Cl)c1)c1ccc2nc[nH]c2c1. The lowest BCUT2D eigenvalue weighted by Crippen LogP contribution is -2.24. The minimum atomic E-state index is -0.238. The van der Waals surface area contributed by atoms with Gasteiger partial charge in [0.2, 0.25) is 5.91 Å². The summed E-state index contributed by atoms with van der Waals surface area (Å²) in [6.45, 7) is 0.675. The highest BCUT2D eigenvalue weighted by molar-refractivity contribution is 6.34. The largest absolute Gasteiger partial charge is 0.345 e. The zero-order valence-electron chi connectivity index (χ0n) is 13.3. The van der Waals surface area contributed by atoms with E-state index in [0.717, 1.165) is 17.5 Å². The number of aromatic amines is 1. The Kier molecular flexibility index (Phi) is 3.89. The van der Waals surface area contributed by atoms with Crippen LogP contribution in [0.3, 0.4) is 0 Å². The number of amides is 2. The number of nitrogens with one attached hydrogen (secondary N) is 2. The molecule has 25 heavy (non-hydrogen) atoms. The Morgan fingerprint density at radius 3 is 2.88 bits per heavy atom. The summed E-state index contributed by atoms with van der Waals surface area (Å²) in [6, 6.07) is 10.4. The Balaban J connectivity index is 1.54. The summed E-state index contributed by atoms with van der Waals surface area (Å²) in [7, 11) is 0. The minimum Gasteiger partial charge on any atom is -0.345 e. The topological polar surface area (TPSA) is 78.1 Å². The summed E-state index contributed by atoms with van der Waals surface area (Å²) >= 11 is 6.31. The number of nitrogens with zero attached hydrogens (tertiary/aromatic N) is 2. The molecule has 7 heteroatoms. The molecule has 1 fully saturated rings. The third-order valence-corrected chi connectivity index (χ3v) is 4.55. The number of hydrogen-bond donors (Lipinski definition) is 2. The molecule has 0 radical (unpaired) electrons. The first kappa shape index (κ1) is 15.7. The number of H-pyrrole nitrogens is 1. The number of anilines is 2. The average molecular weight is 355 g/mol. The van der Waals surface area contributed by atoms with E-state index in [9.17, 15) is 9.59 Å². The van der Waals surface area contributed by atoms with Crippen LogP contribution in [0.2, 0.25) is 5.02 Å². The van der Waals surface area contributed by atoms with Gasteiger partial charge in [0.15, 0.2) is 0 Å². The fourth-order valence-corrected chi connectivity index (χ4v) is 3.27. The molecule has 2 N–H and O–H groups in total. The van der Waals surface area contributed by atoms with Crippen LogP contribution in [0.15, 0.2) is 42.7 Å². The van der Waals surface area contributed by atoms with Gasteiger partial charge in [0.05, 0.1) is 28.1 Å². The van der Waals surface area contributed by atoms with Crippen molar-refractivity contribution in [3.05, 3.63) is 53.3 Å². The molecule has 3 aromatic rings. The lowest BCUT2D eigenvalue weighted by Gasteiger charge is -2.18. The molecular formula is C18H15ClN4O2. The first-order chi connectivity index (χ1) is 12.1. The molecule has 0 saturated carbocycles. The van der Waals surface area contributed by atoms with Gasteiger partial charge in [-0.15, -0.1) is 0 Å². The van der Waals surface area contributed by atoms with Crippen molar-refractivity contribution in [1.82, 2.24) is 9.97 Å². The van der Waals surface area contributed by atoms with E-state index in [1.54, 1.807) is 47.6 Å². The van der Waals surface area contributed by atoms with Crippen molar-refractivity contribution in [2.45, 2.75) is 12.8 Å². The van der Waals surface area contributed by atoms with Gasteiger partial charge in [-0.3, -0.25) is 9.59 Å². The van der Waals surface area contributed by atoms with Gasteiger partial charge in [-0.25, -0.2) is 4.98 Å². The van der Waals surface area contributed by atoms with Gasteiger partial charge in [0.25, 0.3) is 5.91 Å². The number of imidazole rings is 1. The maximum Gasteiger partial charge on any atom is 0.255 e. The number of hydrogen-bond acceptors (Lipinski definition) is 3. The van der Waals surface area contributed by atoms with Crippen molar-refractivity contribution in [1.29, 1.82) is 0 Å². The number of carbonyl (C=O) groups excluding carboxylic acids is 2. The Hall–Kier alpha value is -2.86. The van der Waals surface area contributed by atoms with Crippen LogP contribution in [-0.4, -0.2) is 28.3 Å². The molecule has 0 spiro atoms. The average Bonchev–Trinajstić information content (AvgIpc) is 3.23. The van der Waals surface area contributed by atoms with E-state index in [0.29, 0.717) is 34.9 Å². The highest BCUT2D eigenvalue weighted by atomic mass is 35.5. The molecule has 1 aliphatic heterocycles. The smallest absolute Gasteiger partial charge is 0.255 e. The number of aromatic nitrogens is 2. The van der Waals surface area contributed by atoms with Crippen molar-refractivity contribution in [2.24, 2.45) is 0 Å². The number of carbonyl (C=O) groups is 2. The predicted molar refractivity (Wildman–Crippen MR) is 97.1 cm³/mol. The molecule has 1 aliphatic rings. The fraction of sp³-hybridized carbons (Fsp3) is 0.167. The molecule has 2 aromatic carbocycles. The lowest BCUT2D eigenvalue weighted by molar-refractivity contribution is -0.117. The molecule has 4 rings (SSSR count). The van der Waals surface area contributed by atoms with E-state index in [2.05, 4.69) is 15.3 Å². The zero-order valence-corrected chi connectivity index (χ0v) is 14.0. The molecule has 0 atom stereocenters. The summed E-state index contributed by atoms with van der Waals surface area (Å²) in [5.74, 6) is -0.163. The van der Waals surface area contributed by atoms with E-state index < -0.39 is 0 Å². The maximum atomic E-state index is 12.4. The van der Waals surface area contributed by atoms with Crippen LogP contribution >= 0.6 is 11.6 Å². The molecule has 1 aromatic heterocycles. The summed E-state index contributed by atoms with van der Waals surface area (Å²) in [6.07, 6.45) is 2.97. The second-order valence-corrected chi connectivity index (χ2v) is 6.31. The number of benzene rings is 2. The minimum absolute atomic E-state index is 0.0755. The molecule has 6 nitrogen and oxygen atoms in total. The van der Waals surface area contributed by atoms with Gasteiger partial charge >= 0.3 is 0 Å². The number of halogens is 1. The number of rotatable bonds is 3. The van der Waals surface area contributed by atoms with Crippen LogP contribution < -0.4 is 10.2 Å². The van der Waals surface area contributed by atoms with Gasteiger partial charge in [0.1, 0.15) is 0 Å². The van der Waals surface area contributed by atoms with Crippen LogP contribution in [0.4, 0.5) is 11.4 Å². The normalized spacial score (nSPS) is 14.3. The Labute approximate surface area is 148 Å². The molecule has 0 aliphatic carbocycles. The zero-order chi connectivity index (χ0) is 17.4. The van der Waals surface area contributed by atoms with Crippen molar-refractivity contribution >= 4 is 45.8 Å². The third-order valence-electron chi connectivity index (χ3n) is 4.25. The standard InChI is InChI=1S/C18H15ClN4O2/c19-13-9-12(4-6-16(13)23-7-1-2-17(23)24)22-18(25)11-3-5-14-15(8-11)21-10-20-14/h3-6,8-10H,1-2,7H2,(H,20,21)(H,22,25). The number of fused-ring (bicyclic) bond motifs is 1. The summed E-state index contributed by atoms with van der Waals surface area (Å²) in [5, 5.41) is 3.27. The van der Waals surface area contributed by atoms with Crippen LogP contribution in [0.25, 0.3) is 11.0 Å². The molecule has 0 bridgehead atoms. The summed E-state index contributed by atoms with van der Waals surface area (Å²) in [5.41, 5.74) is 3.38. The molecule has 2 amide bonds. The molecular weight excluding hydrogens is 340 g/mol. The Bertz CT molecular complexity index is 982. The Morgan fingerprint density at radius 2 is 2.12 bits per heavy atom. The van der Waals surface area contributed by atoms with E-state index in [-0.39, 0.29) is 11.8 Å². The third kappa shape index (κ3) is 2.96. The van der Waals surface area contributed by atoms with E-state index >= 15 is 0 Å². The second kappa shape index (κ2) is 6.22. The molecule has 126 valence electrons. The summed E-state index contributed by atoms with van der Waals surface area (Å²) in [4.78, 5) is 33.1. The lowest BCUT2D eigenvalue weighted by atomic mass is 10.2. The van der Waals surface area contributed by atoms with Gasteiger partial charge < -0.3 is 15.2 Å². The van der Waals surface area contributed by atoms with Gasteiger partial charge in [-0.1, -0.05) is 11.6 Å². The maximum absolute atomic E-state index is 12.4. The van der Waals surface area contributed by atoms with Crippen LogP contribution in [0.5, 0.6) is 0 Å². The van der Waals surface area contributed by atoms with Gasteiger partial charge in [0, 0.05) is 24.2 Å². The van der Waals surface area contributed by atoms with Gasteiger partial charge in [-0.05, 0) is 42.8 Å². The van der Waals surface area contributed by atoms with Crippen molar-refractivity contribution < 1.29 is 9.59 Å². The van der Waals surface area contributed by atoms with Crippen LogP contribution in [0.1, 0.15) is 23.2 Å². The summed E-state index contributed by atoms with van der Waals surface area (Å²) < 4.78 is 0. The second-order valence-electron chi connectivity index (χ2n) is 5.90. The first-order valence-electron chi connectivity index (χ1n) is 7.96. The Morgan fingerprint density at radius 1 is 1.24 bits per heavy atom. The predicted octanol–water partition coefficient (Wildman–Crippen LogP) is 3.60. The van der Waals surface area contributed by atoms with Crippen LogP contribution in [0, 0.1) is 0 Å². The van der Waals surface area contributed by atoms with E-state index in [1.807, 2.05) is 0 Å². The van der Waals surface area contributed by atoms with Crippen molar-refractivity contribution in [2.75, 3.05) is 16.8 Å². The van der Waals surface area contributed by atoms with E-state index in [1.165, 1.54) is 0 Å². The molecule has 1 saturated heterocycles. The van der Waals surface area contributed by atoms with Crippen LogP contribution in [-0.2, 0) is 4.79 Å². The first-order valence-corrected chi connectivity index (χ1v) is 8.34. The van der Waals surface area contributed by atoms with E-state index in [4.69, 9.17) is 11.6 Å². The quantitative estimate of drug-likeness (QED) is 0.754. The fourth-order valence-electron chi connectivity index (χ4n) is 2.99. The van der Waals surface area contributed by atoms with Crippen molar-refractivity contribution in [3.63, 3.8) is 0 Å². The van der Waals surface area contributed by atoms with Crippen molar-refractivity contribution in [3.8, 4) is 0 Å². The highest BCUT2D eigenvalue weighted by Gasteiger charge is 2.23. The monoisotopic (exact) mass is 354 g/mol. The van der Waals surface area contributed by atoms with Gasteiger partial charge in [-0.2, -0.15) is 0 Å².